The van der Waals surface area contributed by atoms with Crippen molar-refractivity contribution in [3.63, 3.8) is 0 Å². The zero-order chi connectivity index (χ0) is 27.2. The van der Waals surface area contributed by atoms with Crippen LogP contribution in [-0.2, 0) is 16.0 Å². The number of aliphatic carboxylic acids is 1. The number of rotatable bonds is 9. The highest BCUT2D eigenvalue weighted by atomic mass is 16.5. The van der Waals surface area contributed by atoms with Gasteiger partial charge in [-0.25, -0.2) is 4.98 Å². The summed E-state index contributed by atoms with van der Waals surface area (Å²) in [6, 6.07) is 15.6. The first kappa shape index (κ1) is 26.6. The van der Waals surface area contributed by atoms with Gasteiger partial charge in [0.25, 0.3) is 0 Å². The van der Waals surface area contributed by atoms with Crippen LogP contribution in [0.4, 0.5) is 0 Å². The van der Waals surface area contributed by atoms with Crippen LogP contribution in [0.5, 0.6) is 17.4 Å². The minimum atomic E-state index is -0.867. The van der Waals surface area contributed by atoms with Gasteiger partial charge in [0.1, 0.15) is 23.7 Å². The Morgan fingerprint density at radius 3 is 2.54 bits per heavy atom. The Morgan fingerprint density at radius 1 is 1.08 bits per heavy atom. The summed E-state index contributed by atoms with van der Waals surface area (Å²) in [5.74, 6) is 6.78. The fraction of sp³-hybridized carbons (Fsp3) is 0.375. The Kier molecular flexibility index (Phi) is 8.33. The molecule has 0 amide bonds. The van der Waals surface area contributed by atoms with Gasteiger partial charge < -0.3 is 24.1 Å². The molecule has 7 heteroatoms. The summed E-state index contributed by atoms with van der Waals surface area (Å²) in [5.41, 5.74) is 5.23. The van der Waals surface area contributed by atoms with Crippen LogP contribution in [0, 0.1) is 11.8 Å². The maximum absolute atomic E-state index is 11.2. The van der Waals surface area contributed by atoms with E-state index in [1.807, 2.05) is 48.7 Å². The summed E-state index contributed by atoms with van der Waals surface area (Å²) in [5, 5.41) is 9.22. The average molecular weight is 528 g/mol. The van der Waals surface area contributed by atoms with Gasteiger partial charge in [-0.2, -0.15) is 0 Å². The van der Waals surface area contributed by atoms with Gasteiger partial charge in [0.2, 0.25) is 5.88 Å². The van der Waals surface area contributed by atoms with E-state index in [-0.39, 0.29) is 24.5 Å². The summed E-state index contributed by atoms with van der Waals surface area (Å²) in [6.07, 6.45) is 5.33. The van der Waals surface area contributed by atoms with E-state index in [4.69, 9.17) is 18.9 Å². The molecule has 0 radical (unpaired) electrons. The van der Waals surface area contributed by atoms with Crippen molar-refractivity contribution in [3.8, 4) is 40.3 Å². The lowest BCUT2D eigenvalue weighted by molar-refractivity contribution is -0.137. The minimum absolute atomic E-state index is 0.0286. The van der Waals surface area contributed by atoms with Crippen molar-refractivity contribution >= 4 is 5.97 Å². The standard InChI is InChI=1S/C32H33NO6/c1-3-4-22(19-31(34)35)21-5-8-24(9-6-21)38-28-12-11-27-26(28)10-13-29(36-2)32(27)23-7-14-30(33-20-23)39-25-15-17-37-18-16-25/h5-10,13-14,20,22,25,28H,11-12,15-19H2,1-2H3,(H,34,35)/t22?,28-/m1/s1. The van der Waals surface area contributed by atoms with E-state index >= 15 is 0 Å². The molecule has 1 N–H and O–H groups in total. The van der Waals surface area contributed by atoms with Gasteiger partial charge in [0.05, 0.1) is 32.7 Å². The maximum atomic E-state index is 11.2. The third kappa shape index (κ3) is 6.18. The number of benzene rings is 2. The smallest absolute Gasteiger partial charge is 0.304 e. The Balaban J connectivity index is 1.34. The van der Waals surface area contributed by atoms with Gasteiger partial charge in [0, 0.05) is 36.2 Å². The molecule has 0 spiro atoms. The van der Waals surface area contributed by atoms with E-state index < -0.39 is 5.97 Å². The number of hydrogen-bond acceptors (Lipinski definition) is 6. The molecule has 39 heavy (non-hydrogen) atoms. The topological polar surface area (TPSA) is 87.1 Å². The van der Waals surface area contributed by atoms with E-state index in [9.17, 15) is 9.90 Å². The Labute approximate surface area is 229 Å². The summed E-state index contributed by atoms with van der Waals surface area (Å²) < 4.78 is 23.6. The third-order valence-electron chi connectivity index (χ3n) is 7.27. The molecular weight excluding hydrogens is 494 g/mol. The predicted molar refractivity (Wildman–Crippen MR) is 147 cm³/mol. The molecule has 2 heterocycles. The molecule has 202 valence electrons. The van der Waals surface area contributed by atoms with Crippen LogP contribution in [0.1, 0.15) is 61.3 Å². The number of aromatic nitrogens is 1. The molecule has 2 aliphatic rings. The van der Waals surface area contributed by atoms with Crippen molar-refractivity contribution in [2.45, 2.75) is 57.2 Å². The zero-order valence-electron chi connectivity index (χ0n) is 22.3. The van der Waals surface area contributed by atoms with Crippen LogP contribution in [-0.4, -0.2) is 42.5 Å². The van der Waals surface area contributed by atoms with Crippen molar-refractivity contribution in [1.82, 2.24) is 4.98 Å². The Bertz CT molecular complexity index is 1350. The van der Waals surface area contributed by atoms with Crippen LogP contribution in [0.2, 0.25) is 0 Å². The number of nitrogens with zero attached hydrogens (tertiary/aromatic N) is 1. The molecule has 3 aromatic rings. The highest BCUT2D eigenvalue weighted by Gasteiger charge is 2.29. The van der Waals surface area contributed by atoms with E-state index in [0.717, 1.165) is 72.6 Å². The molecule has 1 fully saturated rings. The average Bonchev–Trinajstić information content (AvgIpc) is 3.36. The van der Waals surface area contributed by atoms with Crippen LogP contribution in [0.3, 0.4) is 0 Å². The lowest BCUT2D eigenvalue weighted by Crippen LogP contribution is -2.26. The Morgan fingerprint density at radius 2 is 1.87 bits per heavy atom. The molecular formula is C32H33NO6. The quantitative estimate of drug-likeness (QED) is 0.344. The van der Waals surface area contributed by atoms with Crippen LogP contribution >= 0.6 is 0 Å². The molecule has 1 saturated heterocycles. The molecule has 1 aliphatic carbocycles. The van der Waals surface area contributed by atoms with Gasteiger partial charge in [0.15, 0.2) is 0 Å². The highest BCUT2D eigenvalue weighted by Crippen LogP contribution is 2.44. The summed E-state index contributed by atoms with van der Waals surface area (Å²) in [7, 11) is 1.69. The summed E-state index contributed by atoms with van der Waals surface area (Å²) in [6.45, 7) is 3.17. The fourth-order valence-electron chi connectivity index (χ4n) is 5.36. The Hall–Kier alpha value is -4.02. The van der Waals surface area contributed by atoms with Crippen molar-refractivity contribution in [2.75, 3.05) is 20.3 Å². The molecule has 2 atom stereocenters. The summed E-state index contributed by atoms with van der Waals surface area (Å²) in [4.78, 5) is 15.8. The third-order valence-corrected chi connectivity index (χ3v) is 7.27. The van der Waals surface area contributed by atoms with Crippen molar-refractivity contribution < 1.29 is 28.8 Å². The molecule has 1 aromatic heterocycles. The number of methoxy groups -OCH3 is 1. The van der Waals surface area contributed by atoms with Gasteiger partial charge in [-0.1, -0.05) is 24.1 Å². The van der Waals surface area contributed by atoms with E-state index in [1.54, 1.807) is 14.0 Å². The van der Waals surface area contributed by atoms with E-state index in [0.29, 0.717) is 5.88 Å². The molecule has 1 unspecified atom stereocenters. The predicted octanol–water partition coefficient (Wildman–Crippen LogP) is 5.96. The number of carboxylic acids is 1. The number of ether oxygens (including phenoxy) is 4. The molecule has 5 rings (SSSR count). The van der Waals surface area contributed by atoms with Gasteiger partial charge >= 0.3 is 5.97 Å². The van der Waals surface area contributed by atoms with Crippen molar-refractivity contribution in [1.29, 1.82) is 0 Å². The second-order valence-corrected chi connectivity index (χ2v) is 9.78. The fourth-order valence-corrected chi connectivity index (χ4v) is 5.36. The number of fused-ring (bicyclic) bond motifs is 1. The molecule has 1 aliphatic heterocycles. The van der Waals surface area contributed by atoms with Crippen molar-refractivity contribution in [2.24, 2.45) is 0 Å². The first-order valence-corrected chi connectivity index (χ1v) is 13.4. The largest absolute Gasteiger partial charge is 0.496 e. The van der Waals surface area contributed by atoms with Crippen LogP contribution < -0.4 is 14.2 Å². The lowest BCUT2D eigenvalue weighted by Gasteiger charge is -2.22. The normalized spacial score (nSPS) is 17.4. The van der Waals surface area contributed by atoms with Crippen molar-refractivity contribution in [3.05, 3.63) is 71.4 Å². The molecule has 2 aromatic carbocycles. The first-order chi connectivity index (χ1) is 19.1. The lowest BCUT2D eigenvalue weighted by atomic mass is 9.96. The maximum Gasteiger partial charge on any atom is 0.304 e. The number of pyridine rings is 1. The minimum Gasteiger partial charge on any atom is -0.496 e. The van der Waals surface area contributed by atoms with Gasteiger partial charge in [-0.15, -0.1) is 5.92 Å². The number of hydrogen-bond donors (Lipinski definition) is 1. The number of carbonyl (C=O) groups is 1. The van der Waals surface area contributed by atoms with E-state index in [2.05, 4.69) is 22.9 Å². The van der Waals surface area contributed by atoms with Gasteiger partial charge in [-0.05, 0) is 60.7 Å². The second-order valence-electron chi connectivity index (χ2n) is 9.78. The molecule has 0 bridgehead atoms. The SMILES string of the molecule is CC#CC(CC(=O)O)c1ccc(O[C@@H]2CCc3c2ccc(OC)c3-c2ccc(OC3CCOCC3)nc2)cc1. The van der Waals surface area contributed by atoms with E-state index in [1.165, 1.54) is 5.56 Å². The van der Waals surface area contributed by atoms with Gasteiger partial charge in [-0.3, -0.25) is 4.79 Å². The second kappa shape index (κ2) is 12.2. The molecule has 7 nitrogen and oxygen atoms in total. The first-order valence-electron chi connectivity index (χ1n) is 13.4. The molecule has 0 saturated carbocycles. The number of carboxylic acid groups (broad SMARTS) is 1. The monoisotopic (exact) mass is 527 g/mol. The zero-order valence-corrected chi connectivity index (χ0v) is 22.3. The van der Waals surface area contributed by atoms with Crippen LogP contribution in [0.15, 0.2) is 54.7 Å². The van der Waals surface area contributed by atoms with Crippen LogP contribution in [0.25, 0.3) is 11.1 Å². The summed E-state index contributed by atoms with van der Waals surface area (Å²) >= 11 is 0. The highest BCUT2D eigenvalue weighted by molar-refractivity contribution is 5.76.